The van der Waals surface area contributed by atoms with Crippen molar-refractivity contribution >= 4 is 45.2 Å². The molecular formula is C18H23Cl2N3O4S2. The number of hydrogen-bond donors (Lipinski definition) is 0. The number of aromatic nitrogens is 2. The highest BCUT2D eigenvalue weighted by molar-refractivity contribution is 7.99. The van der Waals surface area contributed by atoms with Crippen LogP contribution in [0.15, 0.2) is 29.6 Å². The molecule has 7 nitrogen and oxygen atoms in total. The standard InChI is InChI=1S/C18H23Cl2N3O4S2/c1-22(2)29(24,25)23-14(12-21-17(23)28-3)5-4-8-18(26-9-10-27-18)15-7-6-13(19)11-16(15)20/h6-7,11-12H,4-5,8-10H2,1-3H3. The van der Waals surface area contributed by atoms with E-state index in [1.165, 1.54) is 34.1 Å². The van der Waals surface area contributed by atoms with Crippen LogP contribution in [-0.4, -0.2) is 55.2 Å². The average molecular weight is 480 g/mol. The predicted molar refractivity (Wildman–Crippen MR) is 115 cm³/mol. The van der Waals surface area contributed by atoms with Crippen LogP contribution < -0.4 is 0 Å². The summed E-state index contributed by atoms with van der Waals surface area (Å²) < 4.78 is 39.8. The highest BCUT2D eigenvalue weighted by Gasteiger charge is 2.40. The Hall–Kier alpha value is -0.810. The molecule has 2 aromatic rings. The number of hydrogen-bond acceptors (Lipinski definition) is 6. The van der Waals surface area contributed by atoms with Crippen molar-refractivity contribution < 1.29 is 17.9 Å². The van der Waals surface area contributed by atoms with Gasteiger partial charge in [-0.1, -0.05) is 41.0 Å². The van der Waals surface area contributed by atoms with Gasteiger partial charge in [0.05, 0.1) is 30.1 Å². The fourth-order valence-corrected chi connectivity index (χ4v) is 5.76. The van der Waals surface area contributed by atoms with Crippen LogP contribution in [0.4, 0.5) is 0 Å². The molecular weight excluding hydrogens is 457 g/mol. The van der Waals surface area contributed by atoms with Crippen molar-refractivity contribution in [2.45, 2.75) is 30.2 Å². The van der Waals surface area contributed by atoms with Crippen molar-refractivity contribution in [2.75, 3.05) is 33.6 Å². The molecule has 0 spiro atoms. The molecule has 1 fully saturated rings. The van der Waals surface area contributed by atoms with Gasteiger partial charge in [0.15, 0.2) is 10.9 Å². The quantitative estimate of drug-likeness (QED) is 0.536. The van der Waals surface area contributed by atoms with Crippen molar-refractivity contribution in [1.82, 2.24) is 13.3 Å². The van der Waals surface area contributed by atoms with Crippen LogP contribution >= 0.6 is 35.0 Å². The van der Waals surface area contributed by atoms with Gasteiger partial charge in [0, 0.05) is 31.1 Å². The predicted octanol–water partition coefficient (Wildman–Crippen LogP) is 3.79. The second-order valence-corrected chi connectivity index (χ2v) is 10.3. The van der Waals surface area contributed by atoms with Crippen LogP contribution in [0.5, 0.6) is 0 Å². The fraction of sp³-hybridized carbons (Fsp3) is 0.500. The smallest absolute Gasteiger partial charge is 0.309 e. The topological polar surface area (TPSA) is 73.7 Å². The molecule has 0 amide bonds. The van der Waals surface area contributed by atoms with Gasteiger partial charge < -0.3 is 9.47 Å². The first-order chi connectivity index (χ1) is 13.7. The molecule has 2 heterocycles. The lowest BCUT2D eigenvalue weighted by Gasteiger charge is -2.29. The van der Waals surface area contributed by atoms with Gasteiger partial charge in [0.2, 0.25) is 0 Å². The summed E-state index contributed by atoms with van der Waals surface area (Å²) in [6, 6.07) is 5.22. The number of imidazole rings is 1. The molecule has 3 rings (SSSR count). The van der Waals surface area contributed by atoms with Gasteiger partial charge in [-0.25, -0.2) is 8.96 Å². The molecule has 0 aliphatic carbocycles. The molecule has 0 radical (unpaired) electrons. The Morgan fingerprint density at radius 3 is 2.55 bits per heavy atom. The first-order valence-electron chi connectivity index (χ1n) is 8.98. The molecule has 0 N–H and O–H groups in total. The fourth-order valence-electron chi connectivity index (χ4n) is 3.26. The zero-order chi connectivity index (χ0) is 21.2. The first-order valence-corrected chi connectivity index (χ1v) is 12.4. The Bertz CT molecular complexity index is 973. The third kappa shape index (κ3) is 4.61. The van der Waals surface area contributed by atoms with Gasteiger partial charge in [-0.05, 0) is 31.2 Å². The Morgan fingerprint density at radius 1 is 1.28 bits per heavy atom. The van der Waals surface area contributed by atoms with Crippen LogP contribution in [0.3, 0.4) is 0 Å². The Labute approximate surface area is 185 Å². The molecule has 0 saturated carbocycles. The van der Waals surface area contributed by atoms with E-state index in [0.717, 1.165) is 5.56 Å². The zero-order valence-corrected chi connectivity index (χ0v) is 19.5. The van der Waals surface area contributed by atoms with E-state index in [2.05, 4.69) is 4.98 Å². The van der Waals surface area contributed by atoms with E-state index in [-0.39, 0.29) is 0 Å². The van der Waals surface area contributed by atoms with Gasteiger partial charge >= 0.3 is 10.2 Å². The van der Waals surface area contributed by atoms with Crippen molar-refractivity contribution in [3.8, 4) is 0 Å². The third-order valence-corrected chi connectivity index (χ3v) is 7.78. The van der Waals surface area contributed by atoms with Crippen LogP contribution in [0.2, 0.25) is 10.0 Å². The second kappa shape index (κ2) is 9.13. The van der Waals surface area contributed by atoms with Crippen molar-refractivity contribution in [3.05, 3.63) is 45.7 Å². The third-order valence-electron chi connectivity index (χ3n) is 4.67. The number of ether oxygens (including phenoxy) is 2. The van der Waals surface area contributed by atoms with Crippen molar-refractivity contribution in [3.63, 3.8) is 0 Å². The van der Waals surface area contributed by atoms with E-state index in [1.54, 1.807) is 24.6 Å². The summed E-state index contributed by atoms with van der Waals surface area (Å²) in [7, 11) is -0.665. The summed E-state index contributed by atoms with van der Waals surface area (Å²) in [6.07, 6.45) is 5.01. The second-order valence-electron chi connectivity index (χ2n) is 6.72. The monoisotopic (exact) mass is 479 g/mol. The minimum atomic E-state index is -3.67. The number of nitrogens with zero attached hydrogens (tertiary/aromatic N) is 3. The van der Waals surface area contributed by atoms with E-state index < -0.39 is 16.0 Å². The molecule has 1 aliphatic heterocycles. The summed E-state index contributed by atoms with van der Waals surface area (Å²) in [5.41, 5.74) is 1.33. The number of halogens is 2. The largest absolute Gasteiger partial charge is 0.343 e. The average Bonchev–Trinajstić information content (AvgIpc) is 3.29. The van der Waals surface area contributed by atoms with E-state index >= 15 is 0 Å². The number of benzene rings is 1. The highest BCUT2D eigenvalue weighted by Crippen LogP contribution is 2.40. The number of thioether (sulfide) groups is 1. The lowest BCUT2D eigenvalue weighted by atomic mass is 9.99. The lowest BCUT2D eigenvalue weighted by Crippen LogP contribution is -2.31. The lowest BCUT2D eigenvalue weighted by molar-refractivity contribution is -0.171. The van der Waals surface area contributed by atoms with E-state index in [4.69, 9.17) is 32.7 Å². The van der Waals surface area contributed by atoms with Crippen LogP contribution in [0, 0.1) is 0 Å². The molecule has 1 aliphatic rings. The summed E-state index contributed by atoms with van der Waals surface area (Å²) in [5, 5.41) is 1.44. The van der Waals surface area contributed by atoms with Gasteiger partial charge in [-0.2, -0.15) is 12.7 Å². The molecule has 1 saturated heterocycles. The van der Waals surface area contributed by atoms with Crippen LogP contribution in [0.25, 0.3) is 0 Å². The summed E-state index contributed by atoms with van der Waals surface area (Å²) >= 11 is 13.7. The summed E-state index contributed by atoms with van der Waals surface area (Å²) in [6.45, 7) is 0.922. The minimum absolute atomic E-state index is 0.428. The molecule has 11 heteroatoms. The van der Waals surface area contributed by atoms with Crippen molar-refractivity contribution in [1.29, 1.82) is 0 Å². The molecule has 160 valence electrons. The zero-order valence-electron chi connectivity index (χ0n) is 16.4. The van der Waals surface area contributed by atoms with Gasteiger partial charge in [0.25, 0.3) is 0 Å². The molecule has 0 unspecified atom stereocenters. The van der Waals surface area contributed by atoms with Gasteiger partial charge in [-0.3, -0.25) is 0 Å². The van der Waals surface area contributed by atoms with E-state index in [1.807, 2.05) is 6.07 Å². The maximum absolute atomic E-state index is 12.7. The molecule has 1 aromatic heterocycles. The summed E-state index contributed by atoms with van der Waals surface area (Å²) in [5.74, 6) is -0.963. The highest BCUT2D eigenvalue weighted by atomic mass is 35.5. The molecule has 29 heavy (non-hydrogen) atoms. The Balaban J connectivity index is 1.82. The van der Waals surface area contributed by atoms with E-state index in [9.17, 15) is 8.42 Å². The maximum atomic E-state index is 12.7. The number of aryl methyl sites for hydroxylation is 1. The molecule has 1 aromatic carbocycles. The van der Waals surface area contributed by atoms with Gasteiger partial charge in [-0.15, -0.1) is 0 Å². The van der Waals surface area contributed by atoms with Crippen LogP contribution in [-0.2, 0) is 31.9 Å². The Morgan fingerprint density at radius 2 is 1.97 bits per heavy atom. The van der Waals surface area contributed by atoms with Crippen molar-refractivity contribution in [2.24, 2.45) is 0 Å². The molecule has 0 bridgehead atoms. The summed E-state index contributed by atoms with van der Waals surface area (Å²) in [4.78, 5) is 4.25. The van der Waals surface area contributed by atoms with Gasteiger partial charge in [0.1, 0.15) is 0 Å². The normalized spacial score (nSPS) is 16.6. The minimum Gasteiger partial charge on any atom is -0.343 e. The van der Waals surface area contributed by atoms with Crippen LogP contribution in [0.1, 0.15) is 24.1 Å². The maximum Gasteiger partial charge on any atom is 0.309 e. The number of rotatable bonds is 8. The van der Waals surface area contributed by atoms with E-state index in [0.29, 0.717) is 53.4 Å². The molecule has 0 atom stereocenters. The Kier molecular flexibility index (Phi) is 7.20. The SMILES string of the molecule is CSc1ncc(CCCC2(c3ccc(Cl)cc3Cl)OCCO2)n1S(=O)(=O)N(C)C. The first kappa shape index (κ1) is 22.9.